The van der Waals surface area contributed by atoms with Crippen LogP contribution in [0, 0.1) is 5.82 Å². The number of hydrogen-bond acceptors (Lipinski definition) is 3. The van der Waals surface area contributed by atoms with Gasteiger partial charge in [0.1, 0.15) is 5.82 Å². The first-order chi connectivity index (χ1) is 9.22. The third kappa shape index (κ3) is 3.70. The lowest BCUT2D eigenvalue weighted by Gasteiger charge is -2.27. The summed E-state index contributed by atoms with van der Waals surface area (Å²) >= 11 is 0. The van der Waals surface area contributed by atoms with E-state index in [1.165, 1.54) is 4.90 Å². The molecule has 1 rings (SSSR count). The van der Waals surface area contributed by atoms with Gasteiger partial charge >= 0.3 is 0 Å². The molecule has 1 aromatic carbocycles. The first-order valence-electron chi connectivity index (χ1n) is 6.27. The second-order valence-corrected chi connectivity index (χ2v) is 6.99. The largest absolute Gasteiger partial charge is 0.336 e. The number of hydrogen-bond donors (Lipinski definition) is 0. The Labute approximate surface area is 123 Å². The predicted molar refractivity (Wildman–Crippen MR) is 75.9 cm³/mol. The highest BCUT2D eigenvalue weighted by molar-refractivity contribution is 8.13. The molecule has 0 saturated heterocycles. The molecule has 1 aromatic rings. The van der Waals surface area contributed by atoms with Crippen molar-refractivity contribution in [3.63, 3.8) is 0 Å². The van der Waals surface area contributed by atoms with Crippen LogP contribution in [0.5, 0.6) is 0 Å². The molecule has 0 aliphatic carbocycles. The van der Waals surface area contributed by atoms with E-state index in [-0.39, 0.29) is 16.5 Å². The molecule has 20 heavy (non-hydrogen) atoms. The number of halogens is 2. The summed E-state index contributed by atoms with van der Waals surface area (Å²) in [6, 6.07) is 3.02. The second kappa shape index (κ2) is 6.54. The quantitative estimate of drug-likeness (QED) is 0.783. The first-order valence-corrected chi connectivity index (χ1v) is 8.58. The normalized spacial score (nSPS) is 13.1. The summed E-state index contributed by atoms with van der Waals surface area (Å²) < 4.78 is 36.2. The SMILES string of the molecule is CCC(C)N(CC)C(=O)c1ccc(S(=O)(=O)Cl)cc1F. The van der Waals surface area contributed by atoms with E-state index < -0.39 is 20.8 Å². The van der Waals surface area contributed by atoms with Crippen molar-refractivity contribution >= 4 is 25.6 Å². The standard InChI is InChI=1S/C13H17ClFNO3S/c1-4-9(3)16(5-2)13(17)11-7-6-10(8-12(11)15)20(14,18)19/h6-9H,4-5H2,1-3H3. The summed E-state index contributed by atoms with van der Waals surface area (Å²) in [5.41, 5.74) is -0.156. The molecule has 0 bridgehead atoms. The molecule has 1 unspecified atom stereocenters. The van der Waals surface area contributed by atoms with E-state index >= 15 is 0 Å². The van der Waals surface area contributed by atoms with E-state index in [0.29, 0.717) is 6.54 Å². The zero-order valence-corrected chi connectivity index (χ0v) is 13.1. The maximum Gasteiger partial charge on any atom is 0.261 e. The summed E-state index contributed by atoms with van der Waals surface area (Å²) in [4.78, 5) is 13.4. The summed E-state index contributed by atoms with van der Waals surface area (Å²) in [6.07, 6.45) is 0.745. The van der Waals surface area contributed by atoms with Gasteiger partial charge in [-0.25, -0.2) is 12.8 Å². The Hall–Kier alpha value is -1.14. The van der Waals surface area contributed by atoms with Gasteiger partial charge in [-0.15, -0.1) is 0 Å². The van der Waals surface area contributed by atoms with Crippen LogP contribution in [-0.2, 0) is 9.05 Å². The fraction of sp³-hybridized carbons (Fsp3) is 0.462. The van der Waals surface area contributed by atoms with Crippen molar-refractivity contribution in [1.29, 1.82) is 0 Å². The van der Waals surface area contributed by atoms with Crippen molar-refractivity contribution in [2.75, 3.05) is 6.54 Å². The summed E-state index contributed by atoms with van der Waals surface area (Å²) in [5, 5.41) is 0. The smallest absolute Gasteiger partial charge is 0.261 e. The highest BCUT2D eigenvalue weighted by Crippen LogP contribution is 2.20. The Morgan fingerprint density at radius 1 is 1.40 bits per heavy atom. The zero-order chi connectivity index (χ0) is 15.5. The molecule has 0 spiro atoms. The molecular formula is C13H17ClFNO3S. The number of rotatable bonds is 5. The predicted octanol–water partition coefficient (Wildman–Crippen LogP) is 3.01. The maximum atomic E-state index is 13.9. The van der Waals surface area contributed by atoms with Gasteiger partial charge in [-0.05, 0) is 38.5 Å². The van der Waals surface area contributed by atoms with Crippen LogP contribution in [0.25, 0.3) is 0 Å². The van der Waals surface area contributed by atoms with Gasteiger partial charge in [0.2, 0.25) is 0 Å². The maximum absolute atomic E-state index is 13.9. The van der Waals surface area contributed by atoms with Gasteiger partial charge in [-0.3, -0.25) is 4.79 Å². The van der Waals surface area contributed by atoms with Crippen molar-refractivity contribution in [3.05, 3.63) is 29.6 Å². The molecule has 1 atom stereocenters. The van der Waals surface area contributed by atoms with Gasteiger partial charge < -0.3 is 4.90 Å². The van der Waals surface area contributed by atoms with Gasteiger partial charge in [0.05, 0.1) is 10.5 Å². The zero-order valence-electron chi connectivity index (χ0n) is 11.6. The Kier molecular flexibility index (Phi) is 5.53. The lowest BCUT2D eigenvalue weighted by molar-refractivity contribution is 0.0695. The minimum absolute atomic E-state index is 0.0247. The van der Waals surface area contributed by atoms with Crippen LogP contribution in [0.2, 0.25) is 0 Å². The molecule has 0 saturated carbocycles. The van der Waals surface area contributed by atoms with Gasteiger partial charge in [0, 0.05) is 23.3 Å². The van der Waals surface area contributed by atoms with Gasteiger partial charge in [0.15, 0.2) is 0 Å². The Bertz CT molecular complexity index is 604. The van der Waals surface area contributed by atoms with Gasteiger partial charge in [-0.1, -0.05) is 6.92 Å². The number of carbonyl (C=O) groups is 1. The van der Waals surface area contributed by atoms with E-state index in [4.69, 9.17) is 10.7 Å². The number of benzene rings is 1. The Balaban J connectivity index is 3.18. The third-order valence-corrected chi connectivity index (χ3v) is 4.53. The monoisotopic (exact) mass is 321 g/mol. The molecule has 0 fully saturated rings. The van der Waals surface area contributed by atoms with Crippen LogP contribution in [0.1, 0.15) is 37.6 Å². The van der Waals surface area contributed by atoms with Crippen LogP contribution in [0.15, 0.2) is 23.1 Å². The number of amides is 1. The van der Waals surface area contributed by atoms with Gasteiger partial charge in [0.25, 0.3) is 15.0 Å². The number of nitrogens with zero attached hydrogens (tertiary/aromatic N) is 1. The van der Waals surface area contributed by atoms with Crippen molar-refractivity contribution in [2.45, 2.75) is 38.1 Å². The molecule has 4 nitrogen and oxygen atoms in total. The van der Waals surface area contributed by atoms with Crippen molar-refractivity contribution in [2.24, 2.45) is 0 Å². The molecule has 0 N–H and O–H groups in total. The van der Waals surface area contributed by atoms with E-state index in [1.54, 1.807) is 6.92 Å². The summed E-state index contributed by atoms with van der Waals surface area (Å²) in [6.45, 7) is 6.05. The lowest BCUT2D eigenvalue weighted by Crippen LogP contribution is -2.38. The van der Waals surface area contributed by atoms with E-state index in [1.807, 2.05) is 13.8 Å². The number of carbonyl (C=O) groups excluding carboxylic acids is 1. The highest BCUT2D eigenvalue weighted by atomic mass is 35.7. The van der Waals surface area contributed by atoms with Gasteiger partial charge in [-0.2, -0.15) is 0 Å². The molecule has 112 valence electrons. The van der Waals surface area contributed by atoms with Crippen molar-refractivity contribution in [1.82, 2.24) is 4.90 Å². The minimum Gasteiger partial charge on any atom is -0.336 e. The van der Waals surface area contributed by atoms with Crippen LogP contribution < -0.4 is 0 Å². The Morgan fingerprint density at radius 2 is 2.00 bits per heavy atom. The molecule has 0 aliphatic rings. The molecule has 0 aromatic heterocycles. The molecule has 1 amide bonds. The van der Waals surface area contributed by atoms with Crippen LogP contribution in [0.3, 0.4) is 0 Å². The molecule has 7 heteroatoms. The van der Waals surface area contributed by atoms with E-state index in [2.05, 4.69) is 0 Å². The topological polar surface area (TPSA) is 54.5 Å². The van der Waals surface area contributed by atoms with E-state index in [0.717, 1.165) is 24.6 Å². The lowest BCUT2D eigenvalue weighted by atomic mass is 10.1. The van der Waals surface area contributed by atoms with Crippen LogP contribution >= 0.6 is 10.7 Å². The molecular weight excluding hydrogens is 305 g/mol. The van der Waals surface area contributed by atoms with Crippen LogP contribution in [0.4, 0.5) is 4.39 Å². The second-order valence-electron chi connectivity index (χ2n) is 4.43. The average molecular weight is 322 g/mol. The van der Waals surface area contributed by atoms with Crippen molar-refractivity contribution < 1.29 is 17.6 Å². The summed E-state index contributed by atoms with van der Waals surface area (Å²) in [7, 11) is 1.13. The van der Waals surface area contributed by atoms with E-state index in [9.17, 15) is 17.6 Å². The Morgan fingerprint density at radius 3 is 2.40 bits per heavy atom. The highest BCUT2D eigenvalue weighted by Gasteiger charge is 2.23. The molecule has 0 aliphatic heterocycles. The average Bonchev–Trinajstić information content (AvgIpc) is 2.37. The van der Waals surface area contributed by atoms with Crippen molar-refractivity contribution in [3.8, 4) is 0 Å². The fourth-order valence-electron chi connectivity index (χ4n) is 1.85. The molecule has 0 radical (unpaired) electrons. The molecule has 0 heterocycles. The summed E-state index contributed by atoms with van der Waals surface area (Å²) in [5.74, 6) is -1.35. The van der Waals surface area contributed by atoms with Crippen LogP contribution in [-0.4, -0.2) is 31.8 Å². The minimum atomic E-state index is -4.01. The first kappa shape index (κ1) is 16.9. The third-order valence-electron chi connectivity index (χ3n) is 3.18. The fourth-order valence-corrected chi connectivity index (χ4v) is 2.61.